The number of benzene rings is 1. The summed E-state index contributed by atoms with van der Waals surface area (Å²) in [6.45, 7) is 1.07. The Hall–Kier alpha value is -1.11. The summed E-state index contributed by atoms with van der Waals surface area (Å²) in [5, 5.41) is 9.03. The van der Waals surface area contributed by atoms with E-state index in [4.69, 9.17) is 5.11 Å². The molecule has 0 saturated carbocycles. The molecule has 1 aromatic carbocycles. The summed E-state index contributed by atoms with van der Waals surface area (Å²) in [5.41, 5.74) is 0.571. The smallest absolute Gasteiger partial charge is 0.301 e. The molecule has 0 spiro atoms. The molecule has 1 aliphatic heterocycles. The Balaban J connectivity index is 2.00. The lowest BCUT2D eigenvalue weighted by molar-refractivity contribution is 0.170. The summed E-state index contributed by atoms with van der Waals surface area (Å²) in [6.07, 6.45) is 1.43. The van der Waals surface area contributed by atoms with Crippen molar-refractivity contribution in [2.45, 2.75) is 12.8 Å². The van der Waals surface area contributed by atoms with E-state index in [1.807, 2.05) is 6.07 Å². The molecule has 0 amide bonds. The molecule has 0 bridgehead atoms. The lowest BCUT2D eigenvalue weighted by Crippen LogP contribution is -2.42. The van der Waals surface area contributed by atoms with Crippen LogP contribution in [0, 0.1) is 5.92 Å². The minimum absolute atomic E-state index is 0.139. The molecule has 100 valence electrons. The highest BCUT2D eigenvalue weighted by Crippen LogP contribution is 2.20. The predicted octanol–water partition coefficient (Wildman–Crippen LogP) is 1.05. The number of aliphatic hydroxyl groups excluding tert-OH is 1. The van der Waals surface area contributed by atoms with E-state index in [9.17, 15) is 8.42 Å². The fraction of sp³-hybridized carbons (Fsp3) is 0.500. The van der Waals surface area contributed by atoms with E-state index in [0.29, 0.717) is 31.6 Å². The summed E-state index contributed by atoms with van der Waals surface area (Å²) in [6, 6.07) is 8.85. The summed E-state index contributed by atoms with van der Waals surface area (Å²) in [4.78, 5) is 0. The number of aliphatic hydroxyl groups is 1. The SMILES string of the molecule is O=S(=O)(Nc1ccccc1)N1CCC(CO)CC1. The van der Waals surface area contributed by atoms with Crippen molar-refractivity contribution in [1.82, 2.24) is 4.31 Å². The maximum atomic E-state index is 12.1. The Morgan fingerprint density at radius 3 is 2.39 bits per heavy atom. The maximum absolute atomic E-state index is 12.1. The van der Waals surface area contributed by atoms with Gasteiger partial charge in [-0.05, 0) is 30.9 Å². The van der Waals surface area contributed by atoms with Crippen LogP contribution < -0.4 is 4.72 Å². The van der Waals surface area contributed by atoms with Gasteiger partial charge in [-0.25, -0.2) is 0 Å². The summed E-state index contributed by atoms with van der Waals surface area (Å²) < 4.78 is 28.2. The zero-order valence-corrected chi connectivity index (χ0v) is 10.9. The summed E-state index contributed by atoms with van der Waals surface area (Å²) in [7, 11) is -3.47. The third kappa shape index (κ3) is 3.22. The largest absolute Gasteiger partial charge is 0.396 e. The molecule has 0 aliphatic carbocycles. The first-order chi connectivity index (χ1) is 8.62. The van der Waals surface area contributed by atoms with Gasteiger partial charge in [-0.1, -0.05) is 18.2 Å². The summed E-state index contributed by atoms with van der Waals surface area (Å²) >= 11 is 0. The van der Waals surface area contributed by atoms with Gasteiger partial charge in [-0.3, -0.25) is 4.72 Å². The minimum atomic E-state index is -3.47. The van der Waals surface area contributed by atoms with Crippen LogP contribution in [0.2, 0.25) is 0 Å². The molecule has 18 heavy (non-hydrogen) atoms. The maximum Gasteiger partial charge on any atom is 0.301 e. The Morgan fingerprint density at radius 2 is 1.83 bits per heavy atom. The predicted molar refractivity (Wildman–Crippen MR) is 70.4 cm³/mol. The Bertz CT molecular complexity index is 467. The van der Waals surface area contributed by atoms with Crippen molar-refractivity contribution in [3.05, 3.63) is 30.3 Å². The molecule has 0 radical (unpaired) electrons. The van der Waals surface area contributed by atoms with Crippen LogP contribution in [0.4, 0.5) is 5.69 Å². The average Bonchev–Trinajstić information content (AvgIpc) is 2.39. The van der Waals surface area contributed by atoms with Crippen LogP contribution in [0.25, 0.3) is 0 Å². The van der Waals surface area contributed by atoms with E-state index in [1.165, 1.54) is 4.31 Å². The molecule has 0 unspecified atom stereocenters. The number of para-hydroxylation sites is 1. The molecular weight excluding hydrogens is 252 g/mol. The third-order valence-corrected chi connectivity index (χ3v) is 4.73. The molecule has 1 saturated heterocycles. The van der Waals surface area contributed by atoms with Crippen LogP contribution in [0.3, 0.4) is 0 Å². The highest BCUT2D eigenvalue weighted by atomic mass is 32.2. The van der Waals surface area contributed by atoms with Gasteiger partial charge in [0.25, 0.3) is 0 Å². The van der Waals surface area contributed by atoms with Gasteiger partial charge >= 0.3 is 10.2 Å². The number of hydrogen-bond donors (Lipinski definition) is 2. The second kappa shape index (κ2) is 5.69. The Morgan fingerprint density at radius 1 is 1.22 bits per heavy atom. The molecule has 1 aromatic rings. The first-order valence-electron chi connectivity index (χ1n) is 6.05. The molecular formula is C12H18N2O3S. The Labute approximate surface area is 108 Å². The number of nitrogens with one attached hydrogen (secondary N) is 1. The van der Waals surface area contributed by atoms with Gasteiger partial charge in [-0.15, -0.1) is 0 Å². The van der Waals surface area contributed by atoms with Crippen molar-refractivity contribution in [2.24, 2.45) is 5.92 Å². The zero-order valence-electron chi connectivity index (χ0n) is 10.1. The van der Waals surface area contributed by atoms with E-state index in [-0.39, 0.29) is 12.5 Å². The van der Waals surface area contributed by atoms with Crippen molar-refractivity contribution >= 4 is 15.9 Å². The molecule has 1 aliphatic rings. The van der Waals surface area contributed by atoms with Gasteiger partial charge in [0, 0.05) is 25.4 Å². The number of hydrogen-bond acceptors (Lipinski definition) is 3. The van der Waals surface area contributed by atoms with Crippen molar-refractivity contribution < 1.29 is 13.5 Å². The Kier molecular flexibility index (Phi) is 4.21. The van der Waals surface area contributed by atoms with Gasteiger partial charge in [0.15, 0.2) is 0 Å². The van der Waals surface area contributed by atoms with E-state index in [2.05, 4.69) is 4.72 Å². The molecule has 2 N–H and O–H groups in total. The van der Waals surface area contributed by atoms with Crippen LogP contribution in [0.15, 0.2) is 30.3 Å². The standard InChI is InChI=1S/C12H18N2O3S/c15-10-11-6-8-14(9-7-11)18(16,17)13-12-4-2-1-3-5-12/h1-5,11,13,15H,6-10H2. The summed E-state index contributed by atoms with van der Waals surface area (Å²) in [5.74, 6) is 0.230. The van der Waals surface area contributed by atoms with Gasteiger partial charge in [0.1, 0.15) is 0 Å². The van der Waals surface area contributed by atoms with E-state index < -0.39 is 10.2 Å². The second-order valence-corrected chi connectivity index (χ2v) is 6.17. The monoisotopic (exact) mass is 270 g/mol. The van der Waals surface area contributed by atoms with Gasteiger partial charge in [0.05, 0.1) is 0 Å². The fourth-order valence-corrected chi connectivity index (χ4v) is 3.31. The first-order valence-corrected chi connectivity index (χ1v) is 7.49. The fourth-order valence-electron chi connectivity index (χ4n) is 2.05. The molecule has 1 heterocycles. The second-order valence-electron chi connectivity index (χ2n) is 4.50. The van der Waals surface area contributed by atoms with Gasteiger partial charge in [-0.2, -0.15) is 12.7 Å². The zero-order chi connectivity index (χ0) is 13.0. The van der Waals surface area contributed by atoms with Gasteiger partial charge in [0.2, 0.25) is 0 Å². The van der Waals surface area contributed by atoms with Gasteiger partial charge < -0.3 is 5.11 Å². The lowest BCUT2D eigenvalue weighted by Gasteiger charge is -2.30. The lowest BCUT2D eigenvalue weighted by atomic mass is 10.00. The molecule has 6 heteroatoms. The molecule has 0 aromatic heterocycles. The molecule has 1 fully saturated rings. The van der Waals surface area contributed by atoms with Crippen molar-refractivity contribution in [2.75, 3.05) is 24.4 Å². The van der Waals surface area contributed by atoms with Crippen molar-refractivity contribution in [1.29, 1.82) is 0 Å². The molecule has 2 rings (SSSR count). The van der Waals surface area contributed by atoms with Crippen LogP contribution in [-0.2, 0) is 10.2 Å². The number of anilines is 1. The highest BCUT2D eigenvalue weighted by Gasteiger charge is 2.27. The van der Waals surface area contributed by atoms with Crippen LogP contribution in [0.5, 0.6) is 0 Å². The van der Waals surface area contributed by atoms with E-state index in [1.54, 1.807) is 24.3 Å². The van der Waals surface area contributed by atoms with Crippen LogP contribution in [0.1, 0.15) is 12.8 Å². The van der Waals surface area contributed by atoms with E-state index >= 15 is 0 Å². The number of piperidine rings is 1. The quantitative estimate of drug-likeness (QED) is 0.859. The highest BCUT2D eigenvalue weighted by molar-refractivity contribution is 7.90. The number of nitrogens with zero attached hydrogens (tertiary/aromatic N) is 1. The van der Waals surface area contributed by atoms with Crippen molar-refractivity contribution in [3.8, 4) is 0 Å². The normalized spacial score (nSPS) is 18.7. The average molecular weight is 270 g/mol. The first kappa shape index (κ1) is 13.3. The van der Waals surface area contributed by atoms with Crippen LogP contribution >= 0.6 is 0 Å². The molecule has 5 nitrogen and oxygen atoms in total. The molecule has 0 atom stereocenters. The van der Waals surface area contributed by atoms with Crippen LogP contribution in [-0.4, -0.2) is 37.5 Å². The topological polar surface area (TPSA) is 69.6 Å². The minimum Gasteiger partial charge on any atom is -0.396 e. The third-order valence-electron chi connectivity index (χ3n) is 3.19. The number of rotatable bonds is 4. The van der Waals surface area contributed by atoms with E-state index in [0.717, 1.165) is 0 Å². The van der Waals surface area contributed by atoms with Crippen molar-refractivity contribution in [3.63, 3.8) is 0 Å².